The Bertz CT molecular complexity index is 1290. The van der Waals surface area contributed by atoms with Gasteiger partial charge in [0.1, 0.15) is 0 Å². The van der Waals surface area contributed by atoms with E-state index in [2.05, 4.69) is 45.3 Å². The second-order valence-corrected chi connectivity index (χ2v) is 7.61. The molecular weight excluding hydrogens is 448 g/mol. The summed E-state index contributed by atoms with van der Waals surface area (Å²) in [6.45, 7) is 3.20. The third kappa shape index (κ3) is 7.25. The molecular formula is C25H26N6O4. The quantitative estimate of drug-likeness (QED) is 0.248. The van der Waals surface area contributed by atoms with Gasteiger partial charge in [0, 0.05) is 30.4 Å². The molecule has 2 aromatic carbocycles. The Balaban J connectivity index is 0.000000509. The smallest absolute Gasteiger partial charge is 0.414 e. The molecule has 4 aromatic rings. The van der Waals surface area contributed by atoms with Crippen LogP contribution in [0.15, 0.2) is 67.1 Å². The number of carboxylic acid groups (broad SMARTS) is 2. The molecule has 0 radical (unpaired) electrons. The van der Waals surface area contributed by atoms with Gasteiger partial charge in [-0.15, -0.1) is 0 Å². The first kappa shape index (κ1) is 25.1. The van der Waals surface area contributed by atoms with Crippen molar-refractivity contribution in [3.8, 4) is 17.3 Å². The number of nitriles is 1. The van der Waals surface area contributed by atoms with Crippen molar-refractivity contribution in [1.29, 1.82) is 5.26 Å². The van der Waals surface area contributed by atoms with Crippen molar-refractivity contribution in [3.05, 3.63) is 72.7 Å². The number of aliphatic carboxylic acids is 2. The highest BCUT2D eigenvalue weighted by molar-refractivity contribution is 6.27. The monoisotopic (exact) mass is 474 g/mol. The van der Waals surface area contributed by atoms with Crippen molar-refractivity contribution < 1.29 is 19.8 Å². The fourth-order valence-corrected chi connectivity index (χ4v) is 3.50. The number of imidazole rings is 1. The molecule has 0 bridgehead atoms. The van der Waals surface area contributed by atoms with E-state index in [0.717, 1.165) is 48.4 Å². The molecule has 3 N–H and O–H groups in total. The van der Waals surface area contributed by atoms with E-state index in [1.54, 1.807) is 0 Å². The van der Waals surface area contributed by atoms with Gasteiger partial charge in [0.25, 0.3) is 0 Å². The molecule has 0 unspecified atom stereocenters. The minimum absolute atomic E-state index is 0.460. The molecule has 0 atom stereocenters. The van der Waals surface area contributed by atoms with Crippen molar-refractivity contribution in [3.63, 3.8) is 0 Å². The van der Waals surface area contributed by atoms with Gasteiger partial charge in [-0.2, -0.15) is 10.4 Å². The molecule has 180 valence electrons. The van der Waals surface area contributed by atoms with E-state index >= 15 is 0 Å². The van der Waals surface area contributed by atoms with E-state index in [1.807, 2.05) is 47.4 Å². The van der Waals surface area contributed by atoms with Gasteiger partial charge in [-0.25, -0.2) is 14.6 Å². The highest BCUT2D eigenvalue weighted by Gasteiger charge is 2.11. The maximum Gasteiger partial charge on any atom is 0.414 e. The summed E-state index contributed by atoms with van der Waals surface area (Å²) in [6, 6.07) is 20.6. The molecule has 35 heavy (non-hydrogen) atoms. The fourth-order valence-electron chi connectivity index (χ4n) is 3.50. The molecule has 0 amide bonds. The third-order valence-corrected chi connectivity index (χ3v) is 5.12. The summed E-state index contributed by atoms with van der Waals surface area (Å²) >= 11 is 0. The number of nitrogens with zero attached hydrogens (tertiary/aromatic N) is 5. The van der Waals surface area contributed by atoms with Crippen molar-refractivity contribution >= 4 is 23.0 Å². The van der Waals surface area contributed by atoms with Crippen LogP contribution in [0.1, 0.15) is 18.4 Å². The molecule has 0 spiro atoms. The van der Waals surface area contributed by atoms with Crippen LogP contribution in [0.3, 0.4) is 0 Å². The Hall–Kier alpha value is -4.49. The summed E-state index contributed by atoms with van der Waals surface area (Å²) in [7, 11) is 0. The first-order chi connectivity index (χ1) is 17.0. The van der Waals surface area contributed by atoms with Crippen molar-refractivity contribution in [2.24, 2.45) is 0 Å². The molecule has 10 nitrogen and oxygen atoms in total. The SMILES string of the molecule is N#CCCn1cc(CNCCCn2cnc3ccccc32)c(-c2ccccc2)n1.O=C(O)C(=O)O. The van der Waals surface area contributed by atoms with Gasteiger partial charge in [0.05, 0.1) is 42.1 Å². The summed E-state index contributed by atoms with van der Waals surface area (Å²) in [5.74, 6) is -3.65. The Kier molecular flexibility index (Phi) is 9.10. The summed E-state index contributed by atoms with van der Waals surface area (Å²) in [4.78, 5) is 22.6. The van der Waals surface area contributed by atoms with Crippen molar-refractivity contribution in [1.82, 2.24) is 24.6 Å². The lowest BCUT2D eigenvalue weighted by atomic mass is 10.1. The summed E-state index contributed by atoms with van der Waals surface area (Å²) in [5.41, 5.74) is 5.46. The zero-order chi connectivity index (χ0) is 25.0. The normalized spacial score (nSPS) is 10.4. The predicted octanol–water partition coefficient (Wildman–Crippen LogP) is 3.15. The number of aryl methyl sites for hydroxylation is 2. The van der Waals surface area contributed by atoms with Gasteiger partial charge in [0.2, 0.25) is 0 Å². The van der Waals surface area contributed by atoms with Crippen LogP contribution >= 0.6 is 0 Å². The lowest BCUT2D eigenvalue weighted by molar-refractivity contribution is -0.159. The molecule has 10 heteroatoms. The molecule has 0 aliphatic carbocycles. The fraction of sp³-hybridized carbons (Fsp3) is 0.240. The average Bonchev–Trinajstić information content (AvgIpc) is 3.47. The van der Waals surface area contributed by atoms with Gasteiger partial charge in [-0.1, -0.05) is 42.5 Å². The number of nitrogens with one attached hydrogen (secondary N) is 1. The van der Waals surface area contributed by atoms with E-state index in [0.29, 0.717) is 13.0 Å². The average molecular weight is 475 g/mol. The maximum atomic E-state index is 9.10. The summed E-state index contributed by atoms with van der Waals surface area (Å²) < 4.78 is 4.08. The van der Waals surface area contributed by atoms with Gasteiger partial charge < -0.3 is 20.1 Å². The zero-order valence-electron chi connectivity index (χ0n) is 19.0. The standard InChI is InChI=1S/C23H24N6.C2H2O4/c24-12-6-15-29-17-20(23(27-29)19-8-2-1-3-9-19)16-25-13-7-14-28-18-26-21-10-4-5-11-22(21)28;3-1(4)2(5)6/h1-5,8-11,17-18,25H,6-7,13-16H2;(H,3,4)(H,5,6). The minimum atomic E-state index is -1.82. The Morgan fingerprint density at radius 1 is 1.00 bits per heavy atom. The van der Waals surface area contributed by atoms with Gasteiger partial charge in [-0.05, 0) is 25.1 Å². The highest BCUT2D eigenvalue weighted by atomic mass is 16.4. The number of hydrogen-bond acceptors (Lipinski definition) is 6. The van der Waals surface area contributed by atoms with Gasteiger partial charge in [0.15, 0.2) is 0 Å². The second kappa shape index (κ2) is 12.7. The first-order valence-corrected chi connectivity index (χ1v) is 11.0. The Labute approximate surface area is 202 Å². The Morgan fingerprint density at radius 3 is 2.43 bits per heavy atom. The molecule has 0 aliphatic rings. The largest absolute Gasteiger partial charge is 0.473 e. The highest BCUT2D eigenvalue weighted by Crippen LogP contribution is 2.22. The Morgan fingerprint density at radius 2 is 1.71 bits per heavy atom. The molecule has 4 rings (SSSR count). The van der Waals surface area contributed by atoms with E-state index < -0.39 is 11.9 Å². The molecule has 2 aromatic heterocycles. The summed E-state index contributed by atoms with van der Waals surface area (Å²) in [6.07, 6.45) is 5.44. The number of hydrogen-bond donors (Lipinski definition) is 3. The minimum Gasteiger partial charge on any atom is -0.473 e. The topological polar surface area (TPSA) is 146 Å². The van der Waals surface area contributed by atoms with Crippen LogP contribution in [0, 0.1) is 11.3 Å². The van der Waals surface area contributed by atoms with Crippen LogP contribution in [-0.4, -0.2) is 48.0 Å². The van der Waals surface area contributed by atoms with E-state index in [-0.39, 0.29) is 0 Å². The van der Waals surface area contributed by atoms with Crippen LogP contribution in [0.5, 0.6) is 0 Å². The number of aromatic nitrogens is 4. The van der Waals surface area contributed by atoms with Crippen molar-refractivity contribution in [2.45, 2.75) is 32.5 Å². The van der Waals surface area contributed by atoms with Crippen LogP contribution in [-0.2, 0) is 29.2 Å². The van der Waals surface area contributed by atoms with Crippen molar-refractivity contribution in [2.75, 3.05) is 6.54 Å². The maximum absolute atomic E-state index is 9.10. The number of benzene rings is 2. The van der Waals surface area contributed by atoms with Crippen LogP contribution in [0.25, 0.3) is 22.3 Å². The predicted molar refractivity (Wildman–Crippen MR) is 129 cm³/mol. The molecule has 0 fully saturated rings. The molecule has 0 aliphatic heterocycles. The van der Waals surface area contributed by atoms with Gasteiger partial charge in [-0.3, -0.25) is 4.68 Å². The lowest BCUT2D eigenvalue weighted by Gasteiger charge is -2.07. The number of para-hydroxylation sites is 2. The van der Waals surface area contributed by atoms with E-state index in [1.165, 1.54) is 5.52 Å². The number of carbonyl (C=O) groups is 2. The van der Waals surface area contributed by atoms with Crippen LogP contribution < -0.4 is 5.32 Å². The first-order valence-electron chi connectivity index (χ1n) is 11.0. The second-order valence-electron chi connectivity index (χ2n) is 7.61. The van der Waals surface area contributed by atoms with Gasteiger partial charge >= 0.3 is 11.9 Å². The summed E-state index contributed by atoms with van der Waals surface area (Å²) in [5, 5.41) is 31.9. The number of carboxylic acids is 2. The van der Waals surface area contributed by atoms with Crippen LogP contribution in [0.2, 0.25) is 0 Å². The number of fused-ring (bicyclic) bond motifs is 1. The lowest BCUT2D eigenvalue weighted by Crippen LogP contribution is -2.16. The third-order valence-electron chi connectivity index (χ3n) is 5.12. The molecule has 2 heterocycles. The van der Waals surface area contributed by atoms with Crippen LogP contribution in [0.4, 0.5) is 0 Å². The zero-order valence-corrected chi connectivity index (χ0v) is 19.0. The van der Waals surface area contributed by atoms with E-state index in [4.69, 9.17) is 30.2 Å². The number of rotatable bonds is 9. The van der Waals surface area contributed by atoms with E-state index in [9.17, 15) is 0 Å². The molecule has 0 saturated heterocycles. The molecule has 0 saturated carbocycles.